The van der Waals surface area contributed by atoms with Crippen molar-refractivity contribution < 1.29 is 4.79 Å². The number of amides is 1. The normalized spacial score (nSPS) is 14.2. The topological polar surface area (TPSA) is 68.0 Å². The molecule has 2 aromatic rings. The van der Waals surface area contributed by atoms with Crippen LogP contribution in [0, 0.1) is 0 Å². The number of hydrogen-bond acceptors (Lipinski definition) is 4. The van der Waals surface area contributed by atoms with Crippen molar-refractivity contribution in [2.45, 2.75) is 25.3 Å². The van der Waals surface area contributed by atoms with E-state index in [9.17, 15) is 4.79 Å². The van der Waals surface area contributed by atoms with Crippen molar-refractivity contribution >= 4 is 34.5 Å². The number of aromatic nitrogens is 1. The van der Waals surface area contributed by atoms with E-state index in [1.807, 2.05) is 6.20 Å². The number of carbonyl (C=O) groups is 1. The molecule has 4 nitrogen and oxygen atoms in total. The van der Waals surface area contributed by atoms with Gasteiger partial charge in [-0.2, -0.15) is 0 Å². The molecule has 104 valence electrons. The average molecular weight is 308 g/mol. The van der Waals surface area contributed by atoms with Gasteiger partial charge in [-0.15, -0.1) is 11.3 Å². The molecule has 1 heterocycles. The van der Waals surface area contributed by atoms with Gasteiger partial charge in [0.25, 0.3) is 0 Å². The fourth-order valence-corrected chi connectivity index (χ4v) is 3.13. The third-order valence-corrected chi connectivity index (χ3v) is 4.69. The Hall–Kier alpha value is -1.59. The molecular weight excluding hydrogens is 294 g/mol. The molecule has 6 heteroatoms. The molecule has 0 atom stereocenters. The summed E-state index contributed by atoms with van der Waals surface area (Å²) < 4.78 is 0. The monoisotopic (exact) mass is 307 g/mol. The van der Waals surface area contributed by atoms with Crippen molar-refractivity contribution in [3.8, 4) is 0 Å². The highest BCUT2D eigenvalue weighted by Crippen LogP contribution is 2.41. The standard InChI is InChI=1S/C14H14ClN3OS/c15-11-4-3-9(13(16)19)5-12(11)17-6-10-7-18-14(20-10)8-1-2-8/h3-5,7-8,17H,1-2,6H2,(H2,16,19). The lowest BCUT2D eigenvalue weighted by atomic mass is 10.2. The molecule has 1 aliphatic carbocycles. The van der Waals surface area contributed by atoms with Crippen molar-refractivity contribution in [3.63, 3.8) is 0 Å². The number of anilines is 1. The van der Waals surface area contributed by atoms with Crippen molar-refractivity contribution in [1.29, 1.82) is 0 Å². The van der Waals surface area contributed by atoms with Gasteiger partial charge in [0.15, 0.2) is 0 Å². The quantitative estimate of drug-likeness (QED) is 0.889. The largest absolute Gasteiger partial charge is 0.379 e. The summed E-state index contributed by atoms with van der Waals surface area (Å²) in [7, 11) is 0. The van der Waals surface area contributed by atoms with E-state index in [1.165, 1.54) is 17.8 Å². The molecule has 0 radical (unpaired) electrons. The number of primary amides is 1. The van der Waals surface area contributed by atoms with E-state index in [4.69, 9.17) is 17.3 Å². The first-order chi connectivity index (χ1) is 9.63. The summed E-state index contributed by atoms with van der Waals surface area (Å²) in [6, 6.07) is 4.97. The fraction of sp³-hybridized carbons (Fsp3) is 0.286. The van der Waals surface area contributed by atoms with Crippen LogP contribution in [-0.4, -0.2) is 10.9 Å². The molecule has 3 rings (SSSR count). The lowest BCUT2D eigenvalue weighted by Crippen LogP contribution is -2.11. The number of nitrogens with one attached hydrogen (secondary N) is 1. The zero-order chi connectivity index (χ0) is 14.1. The minimum Gasteiger partial charge on any atom is -0.379 e. The summed E-state index contributed by atoms with van der Waals surface area (Å²) in [6.45, 7) is 0.645. The predicted octanol–water partition coefficient (Wildman–Crippen LogP) is 3.38. The van der Waals surface area contributed by atoms with E-state index in [0.29, 0.717) is 28.7 Å². The molecule has 1 saturated carbocycles. The maximum Gasteiger partial charge on any atom is 0.248 e. The van der Waals surface area contributed by atoms with Crippen LogP contribution < -0.4 is 11.1 Å². The van der Waals surface area contributed by atoms with Gasteiger partial charge in [-0.05, 0) is 31.0 Å². The van der Waals surface area contributed by atoms with Crippen molar-refractivity contribution in [2.75, 3.05) is 5.32 Å². The van der Waals surface area contributed by atoms with Gasteiger partial charge in [-0.1, -0.05) is 11.6 Å². The van der Waals surface area contributed by atoms with E-state index in [1.54, 1.807) is 29.5 Å². The molecule has 0 bridgehead atoms. The summed E-state index contributed by atoms with van der Waals surface area (Å²) in [4.78, 5) is 16.8. The van der Waals surface area contributed by atoms with Crippen LogP contribution in [0.2, 0.25) is 5.02 Å². The molecule has 0 unspecified atom stereocenters. The Kier molecular flexibility index (Phi) is 3.63. The average Bonchev–Trinajstić information content (AvgIpc) is 3.17. The summed E-state index contributed by atoms with van der Waals surface area (Å²) >= 11 is 7.84. The first-order valence-corrected chi connectivity index (χ1v) is 7.61. The molecule has 0 saturated heterocycles. The molecule has 3 N–H and O–H groups in total. The van der Waals surface area contributed by atoms with E-state index in [2.05, 4.69) is 10.3 Å². The second-order valence-electron chi connectivity index (χ2n) is 4.85. The molecule has 1 aromatic heterocycles. The highest BCUT2D eigenvalue weighted by Gasteiger charge is 2.26. The number of hydrogen-bond donors (Lipinski definition) is 2. The van der Waals surface area contributed by atoms with Gasteiger partial charge in [0.05, 0.1) is 22.3 Å². The van der Waals surface area contributed by atoms with Gasteiger partial charge in [-0.3, -0.25) is 4.79 Å². The number of halogens is 1. The second kappa shape index (κ2) is 5.42. The zero-order valence-corrected chi connectivity index (χ0v) is 12.3. The van der Waals surface area contributed by atoms with Crippen LogP contribution >= 0.6 is 22.9 Å². The van der Waals surface area contributed by atoms with Crippen molar-refractivity contribution in [1.82, 2.24) is 4.98 Å². The Bertz CT molecular complexity index is 652. The van der Waals surface area contributed by atoms with Gasteiger partial charge < -0.3 is 11.1 Å². The number of benzene rings is 1. The molecule has 1 fully saturated rings. The first-order valence-electron chi connectivity index (χ1n) is 6.41. The smallest absolute Gasteiger partial charge is 0.248 e. The first kappa shape index (κ1) is 13.4. The zero-order valence-electron chi connectivity index (χ0n) is 10.7. The van der Waals surface area contributed by atoms with Crippen LogP contribution in [0.1, 0.15) is 39.0 Å². The van der Waals surface area contributed by atoms with Crippen LogP contribution in [-0.2, 0) is 6.54 Å². The van der Waals surface area contributed by atoms with Crippen molar-refractivity contribution in [3.05, 3.63) is 44.9 Å². The van der Waals surface area contributed by atoms with E-state index in [-0.39, 0.29) is 0 Å². The van der Waals surface area contributed by atoms with Gasteiger partial charge in [0.2, 0.25) is 5.91 Å². The third-order valence-electron chi connectivity index (χ3n) is 3.20. The number of rotatable bonds is 5. The van der Waals surface area contributed by atoms with Crippen LogP contribution in [0.25, 0.3) is 0 Å². The Morgan fingerprint density at radius 2 is 2.30 bits per heavy atom. The van der Waals surface area contributed by atoms with E-state index in [0.717, 1.165) is 4.88 Å². The lowest BCUT2D eigenvalue weighted by Gasteiger charge is -2.08. The molecule has 1 amide bonds. The van der Waals surface area contributed by atoms with Crippen molar-refractivity contribution in [2.24, 2.45) is 5.73 Å². The summed E-state index contributed by atoms with van der Waals surface area (Å²) in [5.74, 6) is 0.217. The van der Waals surface area contributed by atoms with E-state index >= 15 is 0 Å². The lowest BCUT2D eigenvalue weighted by molar-refractivity contribution is 0.100. The highest BCUT2D eigenvalue weighted by molar-refractivity contribution is 7.11. The number of nitrogens with two attached hydrogens (primary N) is 1. The van der Waals surface area contributed by atoms with Gasteiger partial charge in [0, 0.05) is 22.6 Å². The molecule has 1 aromatic carbocycles. The Morgan fingerprint density at radius 3 is 3.00 bits per heavy atom. The maximum absolute atomic E-state index is 11.2. The summed E-state index contributed by atoms with van der Waals surface area (Å²) in [6.07, 6.45) is 4.41. The highest BCUT2D eigenvalue weighted by atomic mass is 35.5. The van der Waals surface area contributed by atoms with Crippen LogP contribution in [0.5, 0.6) is 0 Å². The molecular formula is C14H14ClN3OS. The minimum atomic E-state index is -0.460. The maximum atomic E-state index is 11.2. The van der Waals surface area contributed by atoms with E-state index < -0.39 is 5.91 Å². The number of nitrogens with zero attached hydrogens (tertiary/aromatic N) is 1. The second-order valence-corrected chi connectivity index (χ2v) is 6.41. The predicted molar refractivity (Wildman–Crippen MR) is 81.4 cm³/mol. The summed E-state index contributed by atoms with van der Waals surface area (Å²) in [5, 5.41) is 5.02. The van der Waals surface area contributed by atoms with Crippen LogP contribution in [0.15, 0.2) is 24.4 Å². The number of carbonyl (C=O) groups excluding carboxylic acids is 1. The number of thiazole rings is 1. The minimum absolute atomic E-state index is 0.444. The van der Waals surface area contributed by atoms with Gasteiger partial charge >= 0.3 is 0 Å². The SMILES string of the molecule is NC(=O)c1ccc(Cl)c(NCc2cnc(C3CC3)s2)c1. The third kappa shape index (κ3) is 2.94. The fourth-order valence-electron chi connectivity index (χ4n) is 1.92. The molecule has 20 heavy (non-hydrogen) atoms. The Labute approximate surface area is 126 Å². The van der Waals surface area contributed by atoms with Gasteiger partial charge in [0.1, 0.15) is 0 Å². The van der Waals surface area contributed by atoms with Crippen LogP contribution in [0.3, 0.4) is 0 Å². The molecule has 0 aliphatic heterocycles. The van der Waals surface area contributed by atoms with Gasteiger partial charge in [-0.25, -0.2) is 4.98 Å². The Morgan fingerprint density at radius 1 is 1.50 bits per heavy atom. The summed E-state index contributed by atoms with van der Waals surface area (Å²) in [5.41, 5.74) is 6.42. The Balaban J connectivity index is 1.70. The van der Waals surface area contributed by atoms with Crippen LogP contribution in [0.4, 0.5) is 5.69 Å². The molecule has 1 aliphatic rings. The molecule has 0 spiro atoms.